The van der Waals surface area contributed by atoms with Crippen molar-refractivity contribution >= 4 is 22.6 Å². The quantitative estimate of drug-likeness (QED) is 0.554. The standard InChI is InChI=1S/C9H11FN2S/c1-11-9(13-2)12-8-6-4-3-5-7(8)10/h3-6H,1-2H3,(H,11,12). The fraction of sp³-hybridized carbons (Fsp3) is 0.222. The number of amidine groups is 1. The lowest BCUT2D eigenvalue weighted by Gasteiger charge is -2.06. The van der Waals surface area contributed by atoms with Crippen molar-refractivity contribution in [2.75, 3.05) is 18.6 Å². The number of para-hydroxylation sites is 1. The van der Waals surface area contributed by atoms with Crippen molar-refractivity contribution in [2.45, 2.75) is 0 Å². The van der Waals surface area contributed by atoms with E-state index in [1.165, 1.54) is 17.8 Å². The van der Waals surface area contributed by atoms with Gasteiger partial charge in [0.2, 0.25) is 0 Å². The van der Waals surface area contributed by atoms with Gasteiger partial charge in [-0.1, -0.05) is 23.9 Å². The maximum absolute atomic E-state index is 13.1. The molecular formula is C9H11FN2S. The number of hydrogen-bond donors (Lipinski definition) is 1. The number of thioether (sulfide) groups is 1. The Morgan fingerprint density at radius 2 is 2.15 bits per heavy atom. The highest BCUT2D eigenvalue weighted by atomic mass is 32.2. The lowest BCUT2D eigenvalue weighted by atomic mass is 10.3. The summed E-state index contributed by atoms with van der Waals surface area (Å²) in [6, 6.07) is 6.52. The number of aliphatic imine (C=N–C) groups is 1. The van der Waals surface area contributed by atoms with Crippen molar-refractivity contribution in [3.63, 3.8) is 0 Å². The van der Waals surface area contributed by atoms with Crippen LogP contribution in [-0.4, -0.2) is 18.5 Å². The molecule has 0 saturated carbocycles. The first-order valence-corrected chi connectivity index (χ1v) is 5.02. The second-order valence-electron chi connectivity index (χ2n) is 2.34. The van der Waals surface area contributed by atoms with Gasteiger partial charge in [0.25, 0.3) is 0 Å². The number of hydrogen-bond acceptors (Lipinski definition) is 2. The predicted molar refractivity (Wildman–Crippen MR) is 56.9 cm³/mol. The Morgan fingerprint density at radius 1 is 1.46 bits per heavy atom. The number of nitrogens with zero attached hydrogens (tertiary/aromatic N) is 1. The van der Waals surface area contributed by atoms with Gasteiger partial charge in [-0.05, 0) is 18.4 Å². The van der Waals surface area contributed by atoms with E-state index in [1.54, 1.807) is 25.2 Å². The first-order chi connectivity index (χ1) is 6.27. The molecule has 0 bridgehead atoms. The highest BCUT2D eigenvalue weighted by Gasteiger charge is 2.01. The topological polar surface area (TPSA) is 24.4 Å². The number of anilines is 1. The summed E-state index contributed by atoms with van der Waals surface area (Å²) < 4.78 is 13.1. The average Bonchev–Trinajstić information content (AvgIpc) is 2.17. The SMILES string of the molecule is CN=C(Nc1ccccc1F)SC. The van der Waals surface area contributed by atoms with Crippen LogP contribution in [0.2, 0.25) is 0 Å². The van der Waals surface area contributed by atoms with Gasteiger partial charge in [-0.25, -0.2) is 4.39 Å². The summed E-state index contributed by atoms with van der Waals surface area (Å²) >= 11 is 1.45. The zero-order chi connectivity index (χ0) is 9.68. The van der Waals surface area contributed by atoms with Crippen molar-refractivity contribution in [1.82, 2.24) is 0 Å². The second-order valence-corrected chi connectivity index (χ2v) is 3.13. The third-order valence-corrected chi connectivity index (χ3v) is 2.18. The zero-order valence-corrected chi connectivity index (χ0v) is 8.36. The van der Waals surface area contributed by atoms with E-state index in [-0.39, 0.29) is 5.82 Å². The average molecular weight is 198 g/mol. The van der Waals surface area contributed by atoms with Crippen LogP contribution in [0, 0.1) is 5.82 Å². The molecule has 0 spiro atoms. The molecule has 0 heterocycles. The number of rotatable bonds is 1. The van der Waals surface area contributed by atoms with Crippen molar-refractivity contribution in [3.8, 4) is 0 Å². The minimum Gasteiger partial charge on any atom is -0.333 e. The third-order valence-electron chi connectivity index (χ3n) is 1.51. The van der Waals surface area contributed by atoms with Gasteiger partial charge in [-0.15, -0.1) is 0 Å². The zero-order valence-electron chi connectivity index (χ0n) is 7.54. The first-order valence-electron chi connectivity index (χ1n) is 3.80. The van der Waals surface area contributed by atoms with Gasteiger partial charge >= 0.3 is 0 Å². The van der Waals surface area contributed by atoms with Crippen LogP contribution < -0.4 is 5.32 Å². The van der Waals surface area contributed by atoms with E-state index < -0.39 is 0 Å². The second kappa shape index (κ2) is 4.87. The maximum Gasteiger partial charge on any atom is 0.160 e. The fourth-order valence-corrected chi connectivity index (χ4v) is 1.27. The van der Waals surface area contributed by atoms with Crippen LogP contribution in [0.25, 0.3) is 0 Å². The number of halogens is 1. The highest BCUT2D eigenvalue weighted by molar-refractivity contribution is 8.13. The van der Waals surface area contributed by atoms with E-state index in [0.717, 1.165) is 0 Å². The van der Waals surface area contributed by atoms with Crippen LogP contribution in [0.1, 0.15) is 0 Å². The lowest BCUT2D eigenvalue weighted by Crippen LogP contribution is -2.08. The Labute approximate surface area is 81.3 Å². The summed E-state index contributed by atoms with van der Waals surface area (Å²) in [6.45, 7) is 0. The van der Waals surface area contributed by atoms with Crippen LogP contribution in [0.4, 0.5) is 10.1 Å². The van der Waals surface area contributed by atoms with Gasteiger partial charge in [0.1, 0.15) is 5.82 Å². The van der Waals surface area contributed by atoms with Crippen molar-refractivity contribution < 1.29 is 4.39 Å². The van der Waals surface area contributed by atoms with E-state index in [1.807, 2.05) is 6.26 Å². The Morgan fingerprint density at radius 3 is 2.69 bits per heavy atom. The Kier molecular flexibility index (Phi) is 3.76. The normalized spacial score (nSPS) is 11.5. The smallest absolute Gasteiger partial charge is 0.160 e. The van der Waals surface area contributed by atoms with Crippen LogP contribution in [0.15, 0.2) is 29.3 Å². The minimum atomic E-state index is -0.266. The maximum atomic E-state index is 13.1. The molecule has 0 aliphatic carbocycles. The van der Waals surface area contributed by atoms with Crippen molar-refractivity contribution in [2.24, 2.45) is 4.99 Å². The van der Waals surface area contributed by atoms with E-state index in [2.05, 4.69) is 10.3 Å². The molecule has 13 heavy (non-hydrogen) atoms. The van der Waals surface area contributed by atoms with Gasteiger partial charge in [0.15, 0.2) is 5.17 Å². The van der Waals surface area contributed by atoms with Gasteiger partial charge < -0.3 is 5.32 Å². The van der Waals surface area contributed by atoms with Gasteiger partial charge in [-0.3, -0.25) is 4.99 Å². The fourth-order valence-electron chi connectivity index (χ4n) is 0.876. The van der Waals surface area contributed by atoms with Crippen LogP contribution >= 0.6 is 11.8 Å². The molecule has 2 nitrogen and oxygen atoms in total. The summed E-state index contributed by atoms with van der Waals surface area (Å²) in [4.78, 5) is 3.94. The molecule has 0 radical (unpaired) electrons. The molecule has 0 atom stereocenters. The molecule has 0 saturated heterocycles. The molecule has 0 aliphatic rings. The molecule has 1 N–H and O–H groups in total. The minimum absolute atomic E-state index is 0.266. The van der Waals surface area contributed by atoms with Gasteiger partial charge in [0, 0.05) is 7.05 Å². The summed E-state index contributed by atoms with van der Waals surface area (Å²) in [5.41, 5.74) is 0.456. The highest BCUT2D eigenvalue weighted by Crippen LogP contribution is 2.14. The van der Waals surface area contributed by atoms with Crippen LogP contribution in [0.3, 0.4) is 0 Å². The third kappa shape index (κ3) is 2.73. The molecule has 70 valence electrons. The molecule has 1 aromatic rings. The van der Waals surface area contributed by atoms with Gasteiger partial charge in [-0.2, -0.15) is 0 Å². The Hall–Kier alpha value is -1.03. The van der Waals surface area contributed by atoms with Crippen molar-refractivity contribution in [3.05, 3.63) is 30.1 Å². The van der Waals surface area contributed by atoms with E-state index in [4.69, 9.17) is 0 Å². The van der Waals surface area contributed by atoms with E-state index >= 15 is 0 Å². The molecular weight excluding hydrogens is 187 g/mol. The molecule has 0 unspecified atom stereocenters. The van der Waals surface area contributed by atoms with E-state index in [0.29, 0.717) is 10.9 Å². The molecule has 0 fully saturated rings. The molecule has 0 amide bonds. The predicted octanol–water partition coefficient (Wildman–Crippen LogP) is 2.59. The van der Waals surface area contributed by atoms with E-state index in [9.17, 15) is 4.39 Å². The molecule has 0 aliphatic heterocycles. The first kappa shape index (κ1) is 10.1. The summed E-state index contributed by atoms with van der Waals surface area (Å²) in [6.07, 6.45) is 1.89. The van der Waals surface area contributed by atoms with Crippen LogP contribution in [0.5, 0.6) is 0 Å². The Bertz CT molecular complexity index is 312. The van der Waals surface area contributed by atoms with Gasteiger partial charge in [0.05, 0.1) is 5.69 Å². The molecule has 1 aromatic carbocycles. The molecule has 1 rings (SSSR count). The van der Waals surface area contributed by atoms with Crippen molar-refractivity contribution in [1.29, 1.82) is 0 Å². The summed E-state index contributed by atoms with van der Waals surface area (Å²) in [7, 11) is 1.67. The number of benzene rings is 1. The summed E-state index contributed by atoms with van der Waals surface area (Å²) in [5, 5.41) is 3.58. The molecule has 4 heteroatoms. The Balaban J connectivity index is 2.80. The largest absolute Gasteiger partial charge is 0.333 e. The summed E-state index contributed by atoms with van der Waals surface area (Å²) in [5.74, 6) is -0.266. The van der Waals surface area contributed by atoms with Crippen LogP contribution in [-0.2, 0) is 0 Å². The lowest BCUT2D eigenvalue weighted by molar-refractivity contribution is 0.632. The number of nitrogens with one attached hydrogen (secondary N) is 1. The monoisotopic (exact) mass is 198 g/mol. The molecule has 0 aromatic heterocycles.